The van der Waals surface area contributed by atoms with E-state index in [2.05, 4.69) is 37.4 Å². The predicted octanol–water partition coefficient (Wildman–Crippen LogP) is 5.40. The Morgan fingerprint density at radius 1 is 0.900 bits per heavy atom. The van der Waals surface area contributed by atoms with Gasteiger partial charge in [-0.05, 0) is 58.1 Å². The number of ether oxygens (including phenoxy) is 2. The molecule has 0 aliphatic carbocycles. The molecule has 0 aliphatic heterocycles. The van der Waals surface area contributed by atoms with Gasteiger partial charge in [-0.25, -0.2) is 4.79 Å². The Kier molecular flexibility index (Phi) is 6.83. The topological polar surface area (TPSA) is 50.8 Å². The lowest BCUT2D eigenvalue weighted by molar-refractivity contribution is 0.199. The second-order valence-corrected chi connectivity index (χ2v) is 7.85. The molecule has 158 valence electrons. The van der Waals surface area contributed by atoms with Gasteiger partial charge in [-0.2, -0.15) is 0 Å². The highest BCUT2D eigenvalue weighted by molar-refractivity contribution is 5.84. The summed E-state index contributed by atoms with van der Waals surface area (Å²) in [5.74, 6) is 1.90. The third kappa shape index (κ3) is 5.03. The number of nitrogens with one attached hydrogen (secondary N) is 1. The molecule has 0 saturated carbocycles. The Balaban J connectivity index is 1.69. The zero-order valence-electron chi connectivity index (χ0n) is 18.3. The van der Waals surface area contributed by atoms with Gasteiger partial charge in [0.05, 0.1) is 20.3 Å². The molecule has 1 atom stereocenters. The number of rotatable bonds is 7. The summed E-state index contributed by atoms with van der Waals surface area (Å²) in [5.41, 5.74) is 2.14. The summed E-state index contributed by atoms with van der Waals surface area (Å²) < 4.78 is 10.5. The smallest absolute Gasteiger partial charge is 0.317 e. The number of methoxy groups -OCH3 is 2. The third-order valence-corrected chi connectivity index (χ3v) is 5.30. The Morgan fingerprint density at radius 3 is 2.13 bits per heavy atom. The standard InChI is InChI=1S/C25H30N2O3/c1-17(2)24(19-8-11-22(29-4)12-9-19)26-25(28)27(3)16-18-6-7-21-15-23(30-5)13-10-20(21)14-18/h6-15,17,24H,16H2,1-5H3,(H,26,28). The maximum atomic E-state index is 12.9. The number of urea groups is 1. The van der Waals surface area contributed by atoms with E-state index in [9.17, 15) is 4.79 Å². The number of carbonyl (C=O) groups is 1. The van der Waals surface area contributed by atoms with Crippen molar-refractivity contribution in [3.63, 3.8) is 0 Å². The molecule has 3 aromatic rings. The summed E-state index contributed by atoms with van der Waals surface area (Å²) >= 11 is 0. The Hall–Kier alpha value is -3.21. The van der Waals surface area contributed by atoms with E-state index in [0.29, 0.717) is 6.54 Å². The fraction of sp³-hybridized carbons (Fsp3) is 0.320. The van der Waals surface area contributed by atoms with Crippen molar-refractivity contribution in [2.24, 2.45) is 5.92 Å². The summed E-state index contributed by atoms with van der Waals surface area (Å²) in [5, 5.41) is 5.41. The van der Waals surface area contributed by atoms with Gasteiger partial charge in [0.1, 0.15) is 11.5 Å². The van der Waals surface area contributed by atoms with Crippen molar-refractivity contribution >= 4 is 16.8 Å². The third-order valence-electron chi connectivity index (χ3n) is 5.30. The van der Waals surface area contributed by atoms with Crippen molar-refractivity contribution < 1.29 is 14.3 Å². The highest BCUT2D eigenvalue weighted by Crippen LogP contribution is 2.25. The highest BCUT2D eigenvalue weighted by atomic mass is 16.5. The van der Waals surface area contributed by atoms with Crippen molar-refractivity contribution in [2.45, 2.75) is 26.4 Å². The molecule has 0 heterocycles. The van der Waals surface area contributed by atoms with Crippen LogP contribution in [0.25, 0.3) is 10.8 Å². The maximum Gasteiger partial charge on any atom is 0.317 e. The largest absolute Gasteiger partial charge is 0.497 e. The number of hydrogen-bond donors (Lipinski definition) is 1. The molecular weight excluding hydrogens is 376 g/mol. The van der Waals surface area contributed by atoms with Gasteiger partial charge in [0, 0.05) is 13.6 Å². The fourth-order valence-corrected chi connectivity index (χ4v) is 3.53. The van der Waals surface area contributed by atoms with Crippen LogP contribution in [0.3, 0.4) is 0 Å². The molecule has 30 heavy (non-hydrogen) atoms. The first-order valence-corrected chi connectivity index (χ1v) is 10.1. The van der Waals surface area contributed by atoms with Crippen LogP contribution in [0.4, 0.5) is 4.79 Å². The van der Waals surface area contributed by atoms with Gasteiger partial charge in [0.15, 0.2) is 0 Å². The maximum absolute atomic E-state index is 12.9. The molecule has 0 aromatic heterocycles. The summed E-state index contributed by atoms with van der Waals surface area (Å²) in [6.45, 7) is 4.74. The van der Waals surface area contributed by atoms with E-state index in [0.717, 1.165) is 33.4 Å². The Bertz CT molecular complexity index is 999. The van der Waals surface area contributed by atoms with Crippen LogP contribution in [0.1, 0.15) is 31.0 Å². The van der Waals surface area contributed by atoms with Crippen molar-refractivity contribution in [2.75, 3.05) is 21.3 Å². The van der Waals surface area contributed by atoms with E-state index in [-0.39, 0.29) is 18.0 Å². The summed E-state index contributed by atoms with van der Waals surface area (Å²) in [6, 6.07) is 19.9. The van der Waals surface area contributed by atoms with Gasteiger partial charge in [-0.3, -0.25) is 0 Å². The predicted molar refractivity (Wildman–Crippen MR) is 121 cm³/mol. The van der Waals surface area contributed by atoms with Crippen LogP contribution in [0.2, 0.25) is 0 Å². The molecule has 1 N–H and O–H groups in total. The van der Waals surface area contributed by atoms with Crippen LogP contribution in [-0.4, -0.2) is 32.2 Å². The molecule has 5 nitrogen and oxygen atoms in total. The van der Waals surface area contributed by atoms with Crippen molar-refractivity contribution in [3.05, 3.63) is 71.8 Å². The van der Waals surface area contributed by atoms with Crippen LogP contribution in [0.15, 0.2) is 60.7 Å². The van der Waals surface area contributed by atoms with Crippen molar-refractivity contribution in [1.29, 1.82) is 0 Å². The summed E-state index contributed by atoms with van der Waals surface area (Å²) in [6.07, 6.45) is 0. The molecule has 0 spiro atoms. The minimum atomic E-state index is -0.0978. The average molecular weight is 407 g/mol. The van der Waals surface area contributed by atoms with Gasteiger partial charge in [0.25, 0.3) is 0 Å². The van der Waals surface area contributed by atoms with Crippen LogP contribution >= 0.6 is 0 Å². The molecule has 5 heteroatoms. The molecule has 0 bridgehead atoms. The normalized spacial score (nSPS) is 11.9. The Morgan fingerprint density at radius 2 is 1.50 bits per heavy atom. The highest BCUT2D eigenvalue weighted by Gasteiger charge is 2.20. The second kappa shape index (κ2) is 9.53. The molecule has 0 saturated heterocycles. The zero-order valence-corrected chi connectivity index (χ0v) is 18.3. The van der Waals surface area contributed by atoms with E-state index in [1.165, 1.54) is 0 Å². The average Bonchev–Trinajstić information content (AvgIpc) is 2.76. The van der Waals surface area contributed by atoms with E-state index in [1.54, 1.807) is 19.1 Å². The lowest BCUT2D eigenvalue weighted by atomic mass is 9.96. The van der Waals surface area contributed by atoms with Gasteiger partial charge in [-0.15, -0.1) is 0 Å². The number of hydrogen-bond acceptors (Lipinski definition) is 3. The van der Waals surface area contributed by atoms with Crippen LogP contribution in [-0.2, 0) is 6.54 Å². The second-order valence-electron chi connectivity index (χ2n) is 7.85. The number of benzene rings is 3. The van der Waals surface area contributed by atoms with Gasteiger partial charge in [-0.1, -0.05) is 44.2 Å². The minimum Gasteiger partial charge on any atom is -0.497 e. The molecular formula is C25H30N2O3. The molecule has 0 radical (unpaired) electrons. The van der Waals surface area contributed by atoms with Crippen molar-refractivity contribution in [1.82, 2.24) is 10.2 Å². The number of carbonyl (C=O) groups excluding carboxylic acids is 1. The SMILES string of the molecule is COc1ccc(C(NC(=O)N(C)Cc2ccc3cc(OC)ccc3c2)C(C)C)cc1. The quantitative estimate of drug-likeness (QED) is 0.572. The molecule has 2 amide bonds. The first kappa shape index (κ1) is 21.5. The fourth-order valence-electron chi connectivity index (χ4n) is 3.53. The first-order valence-electron chi connectivity index (χ1n) is 10.1. The zero-order chi connectivity index (χ0) is 21.7. The van der Waals surface area contributed by atoms with E-state index < -0.39 is 0 Å². The van der Waals surface area contributed by atoms with E-state index >= 15 is 0 Å². The molecule has 1 unspecified atom stereocenters. The van der Waals surface area contributed by atoms with E-state index in [4.69, 9.17) is 9.47 Å². The monoisotopic (exact) mass is 406 g/mol. The summed E-state index contributed by atoms with van der Waals surface area (Å²) in [4.78, 5) is 14.6. The molecule has 0 fully saturated rings. The van der Waals surface area contributed by atoms with Crippen LogP contribution < -0.4 is 14.8 Å². The van der Waals surface area contributed by atoms with Crippen LogP contribution in [0.5, 0.6) is 11.5 Å². The first-order chi connectivity index (χ1) is 14.4. The lowest BCUT2D eigenvalue weighted by Crippen LogP contribution is -2.40. The van der Waals surface area contributed by atoms with Crippen LogP contribution in [0, 0.1) is 5.92 Å². The lowest BCUT2D eigenvalue weighted by Gasteiger charge is -2.27. The molecule has 3 aromatic carbocycles. The van der Waals surface area contributed by atoms with Gasteiger partial charge in [0.2, 0.25) is 0 Å². The minimum absolute atomic E-state index is 0.0741. The van der Waals surface area contributed by atoms with Gasteiger partial charge < -0.3 is 19.7 Å². The number of amides is 2. The van der Waals surface area contributed by atoms with E-state index in [1.807, 2.05) is 49.5 Å². The van der Waals surface area contributed by atoms with Gasteiger partial charge >= 0.3 is 6.03 Å². The summed E-state index contributed by atoms with van der Waals surface area (Å²) in [7, 11) is 5.13. The molecule has 0 aliphatic rings. The molecule has 3 rings (SSSR count). The number of nitrogens with zero attached hydrogens (tertiary/aromatic N) is 1. The number of fused-ring (bicyclic) bond motifs is 1. The van der Waals surface area contributed by atoms with Crippen molar-refractivity contribution in [3.8, 4) is 11.5 Å². The Labute approximate surface area is 178 Å².